The standard InChI is InChI=1S/C17H24N2O5S2/c1-12(20)18-14-6-8-15(9-7-14)26(23,24)17-11-25(21,22)10-16(17)19-13-4-2-3-5-13/h6-9,13,16-17,19H,2-5,10-11H2,1H3,(H,18,20). The van der Waals surface area contributed by atoms with E-state index >= 15 is 0 Å². The summed E-state index contributed by atoms with van der Waals surface area (Å²) < 4.78 is 50.3. The van der Waals surface area contributed by atoms with Crippen molar-refractivity contribution in [2.24, 2.45) is 0 Å². The number of sulfone groups is 2. The molecule has 2 atom stereocenters. The van der Waals surface area contributed by atoms with Crippen LogP contribution in [0.5, 0.6) is 0 Å². The minimum absolute atomic E-state index is 0.0759. The molecule has 1 saturated carbocycles. The Hall–Kier alpha value is -1.45. The van der Waals surface area contributed by atoms with E-state index in [9.17, 15) is 21.6 Å². The molecule has 0 bridgehead atoms. The van der Waals surface area contributed by atoms with Gasteiger partial charge in [0.1, 0.15) is 0 Å². The Morgan fingerprint density at radius 3 is 2.27 bits per heavy atom. The molecule has 1 heterocycles. The molecule has 1 aromatic rings. The van der Waals surface area contributed by atoms with Crippen molar-refractivity contribution in [3.8, 4) is 0 Å². The summed E-state index contributed by atoms with van der Waals surface area (Å²) in [7, 11) is -7.20. The molecule has 1 aliphatic carbocycles. The summed E-state index contributed by atoms with van der Waals surface area (Å²) in [6.45, 7) is 1.37. The first-order valence-corrected chi connectivity index (χ1v) is 12.1. The molecule has 2 unspecified atom stereocenters. The highest BCUT2D eigenvalue weighted by Gasteiger charge is 2.46. The van der Waals surface area contributed by atoms with E-state index in [4.69, 9.17) is 0 Å². The third-order valence-electron chi connectivity index (χ3n) is 5.01. The first kappa shape index (κ1) is 19.3. The molecule has 2 aliphatic rings. The number of carbonyl (C=O) groups is 1. The fraction of sp³-hybridized carbons (Fsp3) is 0.588. The van der Waals surface area contributed by atoms with Gasteiger partial charge in [-0.2, -0.15) is 0 Å². The number of hydrogen-bond acceptors (Lipinski definition) is 6. The van der Waals surface area contributed by atoms with E-state index in [-0.39, 0.29) is 28.4 Å². The van der Waals surface area contributed by atoms with E-state index in [2.05, 4.69) is 10.6 Å². The van der Waals surface area contributed by atoms with Crippen LogP contribution in [-0.2, 0) is 24.5 Å². The molecule has 2 N–H and O–H groups in total. The quantitative estimate of drug-likeness (QED) is 0.766. The Morgan fingerprint density at radius 2 is 1.69 bits per heavy atom. The van der Waals surface area contributed by atoms with Crippen molar-refractivity contribution in [1.82, 2.24) is 5.32 Å². The van der Waals surface area contributed by atoms with Crippen molar-refractivity contribution in [2.75, 3.05) is 16.8 Å². The van der Waals surface area contributed by atoms with Crippen molar-refractivity contribution < 1.29 is 21.6 Å². The molecular formula is C17H24N2O5S2. The Kier molecular flexibility index (Phi) is 5.41. The second-order valence-electron chi connectivity index (χ2n) is 7.12. The van der Waals surface area contributed by atoms with Crippen LogP contribution in [0, 0.1) is 0 Å². The molecule has 1 aromatic carbocycles. The fourth-order valence-electron chi connectivity index (χ4n) is 3.78. The minimum Gasteiger partial charge on any atom is -0.326 e. The van der Waals surface area contributed by atoms with Crippen molar-refractivity contribution in [3.63, 3.8) is 0 Å². The second kappa shape index (κ2) is 7.28. The highest BCUT2D eigenvalue weighted by molar-refractivity contribution is 7.96. The summed E-state index contributed by atoms with van der Waals surface area (Å²) in [6, 6.07) is 5.46. The van der Waals surface area contributed by atoms with Crippen LogP contribution in [0.4, 0.5) is 5.69 Å². The highest BCUT2D eigenvalue weighted by atomic mass is 32.2. The van der Waals surface area contributed by atoms with Crippen LogP contribution in [0.25, 0.3) is 0 Å². The molecule has 1 aliphatic heterocycles. The second-order valence-corrected chi connectivity index (χ2v) is 11.4. The SMILES string of the molecule is CC(=O)Nc1ccc(S(=O)(=O)C2CS(=O)(=O)CC2NC2CCCC2)cc1. The zero-order valence-corrected chi connectivity index (χ0v) is 16.3. The summed E-state index contributed by atoms with van der Waals surface area (Å²) in [6.07, 6.45) is 4.07. The predicted molar refractivity (Wildman–Crippen MR) is 99.6 cm³/mol. The van der Waals surface area contributed by atoms with Gasteiger partial charge in [-0.25, -0.2) is 16.8 Å². The minimum atomic E-state index is -3.80. The van der Waals surface area contributed by atoms with Crippen LogP contribution >= 0.6 is 0 Å². The smallest absolute Gasteiger partial charge is 0.221 e. The average Bonchev–Trinajstić information content (AvgIpc) is 3.15. The van der Waals surface area contributed by atoms with Crippen molar-refractivity contribution in [1.29, 1.82) is 0 Å². The number of anilines is 1. The van der Waals surface area contributed by atoms with Crippen molar-refractivity contribution >= 4 is 31.3 Å². The van der Waals surface area contributed by atoms with E-state index in [0.29, 0.717) is 5.69 Å². The van der Waals surface area contributed by atoms with E-state index in [0.717, 1.165) is 25.7 Å². The number of benzene rings is 1. The monoisotopic (exact) mass is 400 g/mol. The Bertz CT molecular complexity index is 872. The first-order valence-electron chi connectivity index (χ1n) is 8.75. The Morgan fingerprint density at radius 1 is 1.08 bits per heavy atom. The lowest BCUT2D eigenvalue weighted by Gasteiger charge is -2.23. The molecule has 0 spiro atoms. The van der Waals surface area contributed by atoms with Gasteiger partial charge in [-0.05, 0) is 37.1 Å². The number of rotatable bonds is 5. The van der Waals surface area contributed by atoms with Gasteiger partial charge in [0.2, 0.25) is 5.91 Å². The molecule has 2 fully saturated rings. The lowest BCUT2D eigenvalue weighted by atomic mass is 10.2. The summed E-state index contributed by atoms with van der Waals surface area (Å²) in [4.78, 5) is 11.2. The van der Waals surface area contributed by atoms with Gasteiger partial charge >= 0.3 is 0 Å². The molecule has 144 valence electrons. The molecule has 1 saturated heterocycles. The van der Waals surface area contributed by atoms with Crippen LogP contribution in [0.1, 0.15) is 32.6 Å². The summed E-state index contributed by atoms with van der Waals surface area (Å²) in [5, 5.41) is 4.88. The predicted octanol–water partition coefficient (Wildman–Crippen LogP) is 1.12. The van der Waals surface area contributed by atoms with Crippen LogP contribution in [-0.4, -0.2) is 51.6 Å². The zero-order valence-electron chi connectivity index (χ0n) is 14.6. The van der Waals surface area contributed by atoms with Gasteiger partial charge in [-0.15, -0.1) is 0 Å². The fourth-order valence-corrected chi connectivity index (χ4v) is 8.46. The lowest BCUT2D eigenvalue weighted by Crippen LogP contribution is -2.47. The van der Waals surface area contributed by atoms with Gasteiger partial charge in [0.05, 0.1) is 21.7 Å². The van der Waals surface area contributed by atoms with Crippen LogP contribution < -0.4 is 10.6 Å². The van der Waals surface area contributed by atoms with Gasteiger partial charge in [0.25, 0.3) is 0 Å². The van der Waals surface area contributed by atoms with E-state index in [1.165, 1.54) is 31.2 Å². The van der Waals surface area contributed by atoms with E-state index < -0.39 is 31.0 Å². The molecule has 7 nitrogen and oxygen atoms in total. The summed E-state index contributed by atoms with van der Waals surface area (Å²) in [5.74, 6) is -0.742. The largest absolute Gasteiger partial charge is 0.326 e. The number of carbonyl (C=O) groups excluding carboxylic acids is 1. The first-order chi connectivity index (χ1) is 12.2. The maximum absolute atomic E-state index is 13.0. The highest BCUT2D eigenvalue weighted by Crippen LogP contribution is 2.28. The van der Waals surface area contributed by atoms with Crippen LogP contribution in [0.2, 0.25) is 0 Å². The Balaban J connectivity index is 1.84. The molecule has 9 heteroatoms. The molecule has 3 rings (SSSR count). The van der Waals surface area contributed by atoms with Gasteiger partial charge in [-0.3, -0.25) is 4.79 Å². The van der Waals surface area contributed by atoms with Gasteiger partial charge in [0.15, 0.2) is 19.7 Å². The number of hydrogen-bond donors (Lipinski definition) is 2. The normalized spacial score (nSPS) is 26.0. The maximum atomic E-state index is 13.0. The average molecular weight is 401 g/mol. The van der Waals surface area contributed by atoms with Crippen molar-refractivity contribution in [3.05, 3.63) is 24.3 Å². The molecular weight excluding hydrogens is 376 g/mol. The van der Waals surface area contributed by atoms with Crippen LogP contribution in [0.3, 0.4) is 0 Å². The Labute approximate surface area is 154 Å². The van der Waals surface area contributed by atoms with Crippen molar-refractivity contribution in [2.45, 2.75) is 54.8 Å². The van der Waals surface area contributed by atoms with E-state index in [1.807, 2.05) is 0 Å². The van der Waals surface area contributed by atoms with E-state index in [1.54, 1.807) is 0 Å². The number of amides is 1. The maximum Gasteiger partial charge on any atom is 0.221 e. The molecule has 1 amide bonds. The van der Waals surface area contributed by atoms with Gasteiger partial charge in [-0.1, -0.05) is 12.8 Å². The molecule has 0 aromatic heterocycles. The van der Waals surface area contributed by atoms with Crippen LogP contribution in [0.15, 0.2) is 29.2 Å². The summed E-state index contributed by atoms with van der Waals surface area (Å²) >= 11 is 0. The molecule has 26 heavy (non-hydrogen) atoms. The third kappa shape index (κ3) is 4.27. The lowest BCUT2D eigenvalue weighted by molar-refractivity contribution is -0.114. The number of nitrogens with one attached hydrogen (secondary N) is 2. The van der Waals surface area contributed by atoms with Gasteiger partial charge < -0.3 is 10.6 Å². The molecule has 0 radical (unpaired) electrons. The topological polar surface area (TPSA) is 109 Å². The van der Waals surface area contributed by atoms with Gasteiger partial charge in [0, 0.05) is 24.7 Å². The third-order valence-corrected chi connectivity index (χ3v) is 9.17. The zero-order chi connectivity index (χ0) is 18.9. The summed E-state index contributed by atoms with van der Waals surface area (Å²) in [5.41, 5.74) is 0.496.